The molecule has 3 heteroatoms. The quantitative estimate of drug-likeness (QED) is 0.837. The minimum Gasteiger partial charge on any atom is -0.315 e. The number of rotatable bonds is 5. The zero-order valence-corrected chi connectivity index (χ0v) is 14.5. The molecule has 2 fully saturated rings. The van der Waals surface area contributed by atoms with Gasteiger partial charge in [0.25, 0.3) is 0 Å². The van der Waals surface area contributed by atoms with Crippen LogP contribution in [0.4, 0.5) is 0 Å². The Balaban J connectivity index is 0.000000956. The molecule has 0 aromatic rings. The summed E-state index contributed by atoms with van der Waals surface area (Å²) < 4.78 is 0. The van der Waals surface area contributed by atoms with E-state index in [-0.39, 0.29) is 0 Å². The molecule has 1 N–H and O–H groups in total. The molecule has 20 heavy (non-hydrogen) atoms. The Morgan fingerprint density at radius 1 is 1.00 bits per heavy atom. The van der Waals surface area contributed by atoms with Gasteiger partial charge in [0, 0.05) is 18.6 Å². The number of hydrogen-bond donors (Lipinski definition) is 1. The van der Waals surface area contributed by atoms with Crippen molar-refractivity contribution in [3.63, 3.8) is 0 Å². The summed E-state index contributed by atoms with van der Waals surface area (Å²) in [6, 6.07) is 1.53. The van der Waals surface area contributed by atoms with Crippen LogP contribution in [0, 0.1) is 5.92 Å². The normalized spacial score (nSPS) is 23.7. The molecule has 0 aromatic carbocycles. The van der Waals surface area contributed by atoms with Crippen LogP contribution in [0.3, 0.4) is 0 Å². The zero-order valence-electron chi connectivity index (χ0n) is 14.5. The Hall–Kier alpha value is -0.120. The smallest absolute Gasteiger partial charge is 0.0214 e. The van der Waals surface area contributed by atoms with Gasteiger partial charge in [-0.15, -0.1) is 0 Å². The SMILES string of the molecule is CC.CNC(CN1CCC(N2CCCC2)CC1)C(C)C. The molecule has 0 aromatic heterocycles. The van der Waals surface area contributed by atoms with Crippen LogP contribution in [0.25, 0.3) is 0 Å². The average molecular weight is 284 g/mol. The van der Waals surface area contributed by atoms with Crippen molar-refractivity contribution in [1.29, 1.82) is 0 Å². The Morgan fingerprint density at radius 2 is 1.55 bits per heavy atom. The van der Waals surface area contributed by atoms with Crippen molar-refractivity contribution in [3.8, 4) is 0 Å². The molecule has 2 aliphatic heterocycles. The van der Waals surface area contributed by atoms with Gasteiger partial charge in [0.2, 0.25) is 0 Å². The lowest BCUT2D eigenvalue weighted by atomic mass is 10.00. The maximum absolute atomic E-state index is 3.46. The fourth-order valence-corrected chi connectivity index (χ4v) is 3.49. The van der Waals surface area contributed by atoms with Crippen LogP contribution in [0.1, 0.15) is 53.4 Å². The van der Waals surface area contributed by atoms with E-state index in [1.54, 1.807) is 0 Å². The Bertz CT molecular complexity index is 228. The molecule has 0 bridgehead atoms. The van der Waals surface area contributed by atoms with Crippen LogP contribution < -0.4 is 5.32 Å². The third-order valence-electron chi connectivity index (χ3n) is 4.84. The highest BCUT2D eigenvalue weighted by Crippen LogP contribution is 2.21. The summed E-state index contributed by atoms with van der Waals surface area (Å²) >= 11 is 0. The lowest BCUT2D eigenvalue weighted by molar-refractivity contribution is 0.115. The summed E-state index contributed by atoms with van der Waals surface area (Å²) in [6.07, 6.45) is 5.62. The minimum absolute atomic E-state index is 0.647. The Kier molecular flexibility index (Phi) is 8.74. The van der Waals surface area contributed by atoms with E-state index in [0.717, 1.165) is 12.0 Å². The number of nitrogens with one attached hydrogen (secondary N) is 1. The van der Waals surface area contributed by atoms with Crippen LogP contribution in [-0.4, -0.2) is 61.7 Å². The van der Waals surface area contributed by atoms with Gasteiger partial charge in [-0.3, -0.25) is 0 Å². The average Bonchev–Trinajstić information content (AvgIpc) is 3.01. The van der Waals surface area contributed by atoms with E-state index in [1.165, 1.54) is 58.4 Å². The van der Waals surface area contributed by atoms with Gasteiger partial charge < -0.3 is 15.1 Å². The molecule has 2 saturated heterocycles. The first kappa shape index (κ1) is 17.9. The van der Waals surface area contributed by atoms with E-state index in [0.29, 0.717) is 6.04 Å². The first-order valence-corrected chi connectivity index (χ1v) is 8.84. The van der Waals surface area contributed by atoms with Crippen molar-refractivity contribution in [2.75, 3.05) is 39.8 Å². The van der Waals surface area contributed by atoms with Crippen molar-refractivity contribution < 1.29 is 0 Å². The fraction of sp³-hybridized carbons (Fsp3) is 1.00. The summed E-state index contributed by atoms with van der Waals surface area (Å²) in [7, 11) is 2.10. The molecule has 3 nitrogen and oxygen atoms in total. The summed E-state index contributed by atoms with van der Waals surface area (Å²) in [5.41, 5.74) is 0. The standard InChI is InChI=1S/C15H31N3.C2H6/c1-13(2)15(16-3)12-17-10-6-14(7-11-17)18-8-4-5-9-18;1-2/h13-16H,4-12H2,1-3H3;1-2H3. The molecule has 1 unspecified atom stereocenters. The lowest BCUT2D eigenvalue weighted by Gasteiger charge is -2.38. The minimum atomic E-state index is 0.647. The zero-order chi connectivity index (χ0) is 15.0. The maximum Gasteiger partial charge on any atom is 0.0214 e. The van der Waals surface area contributed by atoms with Crippen LogP contribution in [0.2, 0.25) is 0 Å². The molecule has 1 atom stereocenters. The maximum atomic E-state index is 3.46. The molecule has 120 valence electrons. The molecule has 0 aliphatic carbocycles. The van der Waals surface area contributed by atoms with Crippen molar-refractivity contribution in [3.05, 3.63) is 0 Å². The molecule has 2 heterocycles. The van der Waals surface area contributed by atoms with E-state index in [1.807, 2.05) is 13.8 Å². The van der Waals surface area contributed by atoms with Gasteiger partial charge in [0.15, 0.2) is 0 Å². The third kappa shape index (κ3) is 5.34. The molecular weight excluding hydrogens is 246 g/mol. The van der Waals surface area contributed by atoms with E-state index in [2.05, 4.69) is 36.0 Å². The molecule has 0 amide bonds. The summed E-state index contributed by atoms with van der Waals surface area (Å²) in [4.78, 5) is 5.39. The Labute approximate surface area is 127 Å². The monoisotopic (exact) mass is 283 g/mol. The highest BCUT2D eigenvalue weighted by molar-refractivity contribution is 4.84. The number of piperidine rings is 1. The highest BCUT2D eigenvalue weighted by atomic mass is 15.2. The van der Waals surface area contributed by atoms with Crippen LogP contribution in [0.15, 0.2) is 0 Å². The fourth-order valence-electron chi connectivity index (χ4n) is 3.49. The van der Waals surface area contributed by atoms with Gasteiger partial charge in [0.05, 0.1) is 0 Å². The van der Waals surface area contributed by atoms with Gasteiger partial charge in [-0.25, -0.2) is 0 Å². The molecule has 0 saturated carbocycles. The first-order chi connectivity index (χ1) is 9.70. The van der Waals surface area contributed by atoms with Crippen molar-refractivity contribution in [2.24, 2.45) is 5.92 Å². The van der Waals surface area contributed by atoms with Gasteiger partial charge in [0.1, 0.15) is 0 Å². The van der Waals surface area contributed by atoms with Crippen molar-refractivity contribution >= 4 is 0 Å². The highest BCUT2D eigenvalue weighted by Gasteiger charge is 2.27. The summed E-state index contributed by atoms with van der Waals surface area (Å²) in [6.45, 7) is 15.2. The van der Waals surface area contributed by atoms with E-state index in [4.69, 9.17) is 0 Å². The first-order valence-electron chi connectivity index (χ1n) is 8.84. The van der Waals surface area contributed by atoms with E-state index < -0.39 is 0 Å². The molecular formula is C17H37N3. The van der Waals surface area contributed by atoms with Gasteiger partial charge in [-0.2, -0.15) is 0 Å². The number of likely N-dealkylation sites (N-methyl/N-ethyl adjacent to an activating group) is 1. The summed E-state index contributed by atoms with van der Waals surface area (Å²) in [5, 5.41) is 3.46. The lowest BCUT2D eigenvalue weighted by Crippen LogP contribution is -2.49. The second kappa shape index (κ2) is 9.75. The topological polar surface area (TPSA) is 18.5 Å². The second-order valence-electron chi connectivity index (χ2n) is 6.41. The van der Waals surface area contributed by atoms with Gasteiger partial charge in [-0.05, 0) is 64.8 Å². The molecule has 2 rings (SSSR count). The third-order valence-corrected chi connectivity index (χ3v) is 4.84. The Morgan fingerprint density at radius 3 is 2.00 bits per heavy atom. The number of likely N-dealkylation sites (tertiary alicyclic amines) is 2. The second-order valence-corrected chi connectivity index (χ2v) is 6.41. The molecule has 2 aliphatic rings. The predicted octanol–water partition coefficient (Wildman–Crippen LogP) is 2.82. The van der Waals surface area contributed by atoms with Gasteiger partial charge in [-0.1, -0.05) is 27.7 Å². The molecule has 0 spiro atoms. The van der Waals surface area contributed by atoms with E-state index >= 15 is 0 Å². The molecule has 0 radical (unpaired) electrons. The summed E-state index contributed by atoms with van der Waals surface area (Å²) in [5.74, 6) is 0.728. The van der Waals surface area contributed by atoms with Crippen LogP contribution in [0.5, 0.6) is 0 Å². The number of nitrogens with zero attached hydrogens (tertiary/aromatic N) is 2. The number of hydrogen-bond acceptors (Lipinski definition) is 3. The van der Waals surface area contributed by atoms with Crippen LogP contribution in [-0.2, 0) is 0 Å². The predicted molar refractivity (Wildman–Crippen MR) is 89.3 cm³/mol. The van der Waals surface area contributed by atoms with Crippen molar-refractivity contribution in [1.82, 2.24) is 15.1 Å². The van der Waals surface area contributed by atoms with Crippen molar-refractivity contribution in [2.45, 2.75) is 65.5 Å². The van der Waals surface area contributed by atoms with E-state index in [9.17, 15) is 0 Å². The largest absolute Gasteiger partial charge is 0.315 e. The van der Waals surface area contributed by atoms with Gasteiger partial charge >= 0.3 is 0 Å². The van der Waals surface area contributed by atoms with Crippen LogP contribution >= 0.6 is 0 Å².